The molecule has 1 aromatic heterocycles. The number of aromatic nitrogens is 2. The third kappa shape index (κ3) is 4.17. The topological polar surface area (TPSA) is 84.1 Å². The number of nitrogens with zero attached hydrogens (tertiary/aromatic N) is 1. The Morgan fingerprint density at radius 2 is 2.05 bits per heavy atom. The summed E-state index contributed by atoms with van der Waals surface area (Å²) in [7, 11) is 0. The fraction of sp³-hybridized carbons (Fsp3) is 0.267. The van der Waals surface area contributed by atoms with Crippen LogP contribution in [0.1, 0.15) is 28.8 Å². The van der Waals surface area contributed by atoms with Crippen LogP contribution in [0.3, 0.4) is 0 Å². The highest BCUT2D eigenvalue weighted by Crippen LogP contribution is 2.03. The van der Waals surface area contributed by atoms with Gasteiger partial charge in [0.2, 0.25) is 0 Å². The van der Waals surface area contributed by atoms with Gasteiger partial charge < -0.3 is 15.0 Å². The van der Waals surface area contributed by atoms with Gasteiger partial charge in [0, 0.05) is 6.54 Å². The monoisotopic (exact) mass is 287 g/mol. The summed E-state index contributed by atoms with van der Waals surface area (Å²) in [5.41, 5.74) is 1.21. The molecule has 2 aromatic rings. The van der Waals surface area contributed by atoms with Gasteiger partial charge in [-0.2, -0.15) is 0 Å². The van der Waals surface area contributed by atoms with Gasteiger partial charge in [0.05, 0.1) is 6.20 Å². The summed E-state index contributed by atoms with van der Waals surface area (Å²) >= 11 is 0. The van der Waals surface area contributed by atoms with Crippen LogP contribution in [0, 0.1) is 6.92 Å². The van der Waals surface area contributed by atoms with E-state index in [1.807, 2.05) is 30.3 Å². The molecular weight excluding hydrogens is 270 g/mol. The second kappa shape index (κ2) is 6.69. The second-order valence-corrected chi connectivity index (χ2v) is 4.63. The van der Waals surface area contributed by atoms with Crippen LogP contribution in [-0.2, 0) is 16.1 Å². The molecule has 0 saturated carbocycles. The minimum Gasteiger partial charge on any atom is -0.448 e. The van der Waals surface area contributed by atoms with E-state index in [4.69, 9.17) is 4.74 Å². The number of ether oxygens (including phenoxy) is 1. The Morgan fingerprint density at radius 1 is 1.33 bits per heavy atom. The molecule has 110 valence electrons. The molecule has 21 heavy (non-hydrogen) atoms. The Hall–Kier alpha value is -2.63. The van der Waals surface area contributed by atoms with Crippen LogP contribution >= 0.6 is 0 Å². The van der Waals surface area contributed by atoms with Crippen LogP contribution in [0.5, 0.6) is 0 Å². The van der Waals surface area contributed by atoms with Crippen molar-refractivity contribution in [2.24, 2.45) is 0 Å². The number of H-pyrrole nitrogens is 1. The van der Waals surface area contributed by atoms with Gasteiger partial charge >= 0.3 is 5.97 Å². The number of carbonyl (C=O) groups is 2. The zero-order valence-corrected chi connectivity index (χ0v) is 11.9. The van der Waals surface area contributed by atoms with Crippen molar-refractivity contribution in [1.29, 1.82) is 0 Å². The maximum Gasteiger partial charge on any atom is 0.357 e. The molecule has 0 spiro atoms. The maximum atomic E-state index is 11.9. The van der Waals surface area contributed by atoms with Crippen LogP contribution in [0.25, 0.3) is 0 Å². The van der Waals surface area contributed by atoms with E-state index < -0.39 is 12.1 Å². The molecule has 1 amide bonds. The lowest BCUT2D eigenvalue weighted by molar-refractivity contribution is -0.129. The molecule has 0 saturated heterocycles. The zero-order chi connectivity index (χ0) is 15.2. The lowest BCUT2D eigenvalue weighted by Crippen LogP contribution is -2.35. The number of carbonyl (C=O) groups excluding carboxylic acids is 2. The molecule has 6 nitrogen and oxygen atoms in total. The van der Waals surface area contributed by atoms with Gasteiger partial charge in [-0.1, -0.05) is 30.3 Å². The molecule has 0 aliphatic carbocycles. The van der Waals surface area contributed by atoms with Gasteiger partial charge in [-0.15, -0.1) is 0 Å². The first-order valence-electron chi connectivity index (χ1n) is 6.60. The van der Waals surface area contributed by atoms with E-state index in [2.05, 4.69) is 15.3 Å². The Balaban J connectivity index is 1.83. The summed E-state index contributed by atoms with van der Waals surface area (Å²) in [5, 5.41) is 2.72. The third-order valence-corrected chi connectivity index (χ3v) is 2.89. The third-order valence-electron chi connectivity index (χ3n) is 2.89. The van der Waals surface area contributed by atoms with Gasteiger partial charge in [-0.05, 0) is 19.4 Å². The number of hydrogen-bond donors (Lipinski definition) is 2. The first-order chi connectivity index (χ1) is 10.1. The molecule has 0 aliphatic heterocycles. The quantitative estimate of drug-likeness (QED) is 0.818. The molecule has 6 heteroatoms. The molecule has 0 fully saturated rings. The van der Waals surface area contributed by atoms with E-state index in [-0.39, 0.29) is 11.6 Å². The summed E-state index contributed by atoms with van der Waals surface area (Å²) < 4.78 is 5.08. The average molecular weight is 287 g/mol. The van der Waals surface area contributed by atoms with Crippen molar-refractivity contribution in [3.63, 3.8) is 0 Å². The van der Waals surface area contributed by atoms with Gasteiger partial charge in [0.25, 0.3) is 5.91 Å². The van der Waals surface area contributed by atoms with Crippen LogP contribution in [0.15, 0.2) is 36.5 Å². The minimum absolute atomic E-state index is 0.232. The minimum atomic E-state index is -0.871. The molecule has 0 radical (unpaired) electrons. The molecule has 1 heterocycles. The summed E-state index contributed by atoms with van der Waals surface area (Å²) in [6, 6.07) is 9.51. The van der Waals surface area contributed by atoms with Crippen molar-refractivity contribution in [3.8, 4) is 0 Å². The molecule has 1 aromatic carbocycles. The standard InChI is InChI=1S/C15H17N3O3/c1-10(21-15(20)13-9-16-11(2)18-13)14(19)17-8-12-6-4-3-5-7-12/h3-7,9-10H,8H2,1-2H3,(H,16,18)(H,17,19)/t10-/m0/s1. The fourth-order valence-corrected chi connectivity index (χ4v) is 1.73. The predicted molar refractivity (Wildman–Crippen MR) is 76.5 cm³/mol. The number of rotatable bonds is 5. The number of aromatic amines is 1. The first-order valence-corrected chi connectivity index (χ1v) is 6.60. The first kappa shape index (κ1) is 14.8. The number of aryl methyl sites for hydroxylation is 1. The Labute approximate surface area is 122 Å². The van der Waals surface area contributed by atoms with E-state index in [0.717, 1.165) is 5.56 Å². The van der Waals surface area contributed by atoms with Crippen LogP contribution in [0.2, 0.25) is 0 Å². The summed E-state index contributed by atoms with van der Waals surface area (Å²) in [6.45, 7) is 3.65. The van der Waals surface area contributed by atoms with Crippen molar-refractivity contribution in [3.05, 3.63) is 53.6 Å². The Kier molecular flexibility index (Phi) is 4.71. The normalized spacial score (nSPS) is 11.7. The number of esters is 1. The smallest absolute Gasteiger partial charge is 0.357 e. The van der Waals surface area contributed by atoms with E-state index >= 15 is 0 Å². The van der Waals surface area contributed by atoms with E-state index in [1.165, 1.54) is 13.1 Å². The van der Waals surface area contributed by atoms with E-state index in [9.17, 15) is 9.59 Å². The summed E-state index contributed by atoms with van der Waals surface area (Å²) in [4.78, 5) is 30.3. The zero-order valence-electron chi connectivity index (χ0n) is 11.9. The van der Waals surface area contributed by atoms with E-state index in [1.54, 1.807) is 6.92 Å². The SMILES string of the molecule is Cc1ncc(C(=O)O[C@@H](C)C(=O)NCc2ccccc2)[nH]1. The number of benzene rings is 1. The van der Waals surface area contributed by atoms with Crippen molar-refractivity contribution in [2.45, 2.75) is 26.5 Å². The largest absolute Gasteiger partial charge is 0.448 e. The molecule has 1 atom stereocenters. The van der Waals surface area contributed by atoms with Crippen LogP contribution < -0.4 is 5.32 Å². The van der Waals surface area contributed by atoms with Gasteiger partial charge in [0.1, 0.15) is 11.5 Å². The van der Waals surface area contributed by atoms with Crippen molar-refractivity contribution >= 4 is 11.9 Å². The van der Waals surface area contributed by atoms with Gasteiger partial charge in [-0.25, -0.2) is 9.78 Å². The molecule has 2 N–H and O–H groups in total. The molecule has 0 aliphatic rings. The number of hydrogen-bond acceptors (Lipinski definition) is 4. The van der Waals surface area contributed by atoms with Crippen LogP contribution in [-0.4, -0.2) is 27.9 Å². The Bertz CT molecular complexity index is 622. The molecule has 0 bridgehead atoms. The van der Waals surface area contributed by atoms with Crippen molar-refractivity contribution in [1.82, 2.24) is 15.3 Å². The number of nitrogens with one attached hydrogen (secondary N) is 2. The molecular formula is C15H17N3O3. The highest BCUT2D eigenvalue weighted by molar-refractivity contribution is 5.90. The van der Waals surface area contributed by atoms with Crippen molar-refractivity contribution < 1.29 is 14.3 Å². The Morgan fingerprint density at radius 3 is 2.67 bits per heavy atom. The van der Waals surface area contributed by atoms with Crippen LogP contribution in [0.4, 0.5) is 0 Å². The fourth-order valence-electron chi connectivity index (χ4n) is 1.73. The molecule has 0 unspecified atom stereocenters. The number of amides is 1. The highest BCUT2D eigenvalue weighted by Gasteiger charge is 2.19. The lowest BCUT2D eigenvalue weighted by Gasteiger charge is -2.12. The number of imidazole rings is 1. The lowest BCUT2D eigenvalue weighted by atomic mass is 10.2. The van der Waals surface area contributed by atoms with Gasteiger partial charge in [0.15, 0.2) is 6.10 Å². The summed E-state index contributed by atoms with van der Waals surface area (Å²) in [6.07, 6.45) is 0.511. The maximum absolute atomic E-state index is 11.9. The highest BCUT2D eigenvalue weighted by atomic mass is 16.5. The summed E-state index contributed by atoms with van der Waals surface area (Å²) in [5.74, 6) is -0.329. The van der Waals surface area contributed by atoms with E-state index in [0.29, 0.717) is 12.4 Å². The predicted octanol–water partition coefficient (Wildman–Crippen LogP) is 1.58. The second-order valence-electron chi connectivity index (χ2n) is 4.63. The molecule has 2 rings (SSSR count). The van der Waals surface area contributed by atoms with Crippen molar-refractivity contribution in [2.75, 3.05) is 0 Å². The van der Waals surface area contributed by atoms with Gasteiger partial charge in [-0.3, -0.25) is 4.79 Å². The average Bonchev–Trinajstić information content (AvgIpc) is 2.92.